The van der Waals surface area contributed by atoms with Crippen LogP contribution in [0.25, 0.3) is 15.9 Å². The number of thioether (sulfide) groups is 1. The van der Waals surface area contributed by atoms with E-state index in [2.05, 4.69) is 20.4 Å². The van der Waals surface area contributed by atoms with Gasteiger partial charge in [-0.05, 0) is 38.0 Å². The first-order valence-electron chi connectivity index (χ1n) is 9.46. The molecule has 0 amide bonds. The van der Waals surface area contributed by atoms with Gasteiger partial charge in [0.1, 0.15) is 4.83 Å². The van der Waals surface area contributed by atoms with Gasteiger partial charge in [-0.15, -0.1) is 11.3 Å². The van der Waals surface area contributed by atoms with Crippen molar-refractivity contribution >= 4 is 33.3 Å². The molecule has 0 saturated carbocycles. The Kier molecular flexibility index (Phi) is 5.21. The Balaban J connectivity index is 1.95. The maximum absolute atomic E-state index is 13.7. The van der Waals surface area contributed by atoms with Crippen LogP contribution in [0, 0.1) is 0 Å². The van der Waals surface area contributed by atoms with Gasteiger partial charge < -0.3 is 4.74 Å². The van der Waals surface area contributed by atoms with E-state index in [1.165, 1.54) is 0 Å². The van der Waals surface area contributed by atoms with E-state index >= 15 is 0 Å². The quantitative estimate of drug-likeness (QED) is 0.322. The molecule has 0 N–H and O–H groups in total. The predicted molar refractivity (Wildman–Crippen MR) is 118 cm³/mol. The fourth-order valence-electron chi connectivity index (χ4n) is 3.42. The zero-order chi connectivity index (χ0) is 19.9. The molecule has 6 heteroatoms. The zero-order valence-electron chi connectivity index (χ0n) is 16.4. The monoisotopic (exact) mass is 412 g/mol. The molecule has 1 atom stereocenters. The minimum Gasteiger partial charge on any atom is -0.369 e. The summed E-state index contributed by atoms with van der Waals surface area (Å²) < 4.78 is 7.84. The number of nitrogens with zero attached hydrogens (tertiary/aromatic N) is 2. The molecule has 1 aliphatic heterocycles. The Morgan fingerprint density at radius 3 is 2.82 bits per heavy atom. The van der Waals surface area contributed by atoms with Crippen LogP contribution in [0.3, 0.4) is 0 Å². The summed E-state index contributed by atoms with van der Waals surface area (Å²) in [5.41, 5.74) is 2.80. The van der Waals surface area contributed by atoms with Crippen LogP contribution in [0.5, 0.6) is 0 Å². The number of aromatic nitrogens is 2. The van der Waals surface area contributed by atoms with E-state index in [1.807, 2.05) is 37.3 Å². The molecule has 0 fully saturated rings. The Bertz CT molecular complexity index is 1100. The number of rotatable bonds is 5. The smallest absolute Gasteiger partial charge is 0.267 e. The van der Waals surface area contributed by atoms with Gasteiger partial charge in [-0.1, -0.05) is 49.0 Å². The molecular weight excluding hydrogens is 388 g/mol. The molecule has 146 valence electrons. The summed E-state index contributed by atoms with van der Waals surface area (Å²) in [6, 6.07) is 9.77. The Morgan fingerprint density at radius 2 is 2.14 bits per heavy atom. The highest BCUT2D eigenvalue weighted by molar-refractivity contribution is 7.99. The Hall–Kier alpha value is -1.89. The van der Waals surface area contributed by atoms with Crippen molar-refractivity contribution in [1.29, 1.82) is 0 Å². The fraction of sp³-hybridized carbons (Fsp3) is 0.364. The first kappa shape index (κ1) is 19.4. The molecule has 4 nitrogen and oxygen atoms in total. The highest BCUT2D eigenvalue weighted by atomic mass is 32.2. The largest absolute Gasteiger partial charge is 0.369 e. The summed E-state index contributed by atoms with van der Waals surface area (Å²) in [6.45, 7) is 10.8. The molecule has 0 radical (unpaired) electrons. The first-order valence-corrected chi connectivity index (χ1v) is 11.3. The van der Waals surface area contributed by atoms with Gasteiger partial charge in [-0.3, -0.25) is 9.36 Å². The molecule has 3 heterocycles. The molecule has 3 aromatic rings. The highest BCUT2D eigenvalue weighted by Gasteiger charge is 2.33. The van der Waals surface area contributed by atoms with E-state index < -0.39 is 0 Å². The van der Waals surface area contributed by atoms with Crippen molar-refractivity contribution in [2.75, 3.05) is 5.75 Å². The minimum absolute atomic E-state index is 0.0123. The van der Waals surface area contributed by atoms with Gasteiger partial charge in [-0.25, -0.2) is 4.98 Å². The van der Waals surface area contributed by atoms with Crippen molar-refractivity contribution in [3.8, 4) is 5.69 Å². The van der Waals surface area contributed by atoms with Gasteiger partial charge in [0.05, 0.1) is 23.3 Å². The topological polar surface area (TPSA) is 44.1 Å². The zero-order valence-corrected chi connectivity index (χ0v) is 18.1. The molecule has 28 heavy (non-hydrogen) atoms. The second-order valence-corrected chi connectivity index (χ2v) is 9.60. The van der Waals surface area contributed by atoms with Gasteiger partial charge in [0, 0.05) is 17.1 Å². The number of fused-ring (bicyclic) bond motifs is 3. The molecule has 1 aliphatic rings. The number of hydrogen-bond acceptors (Lipinski definition) is 5. The molecule has 0 saturated heterocycles. The van der Waals surface area contributed by atoms with E-state index in [0.29, 0.717) is 11.8 Å². The van der Waals surface area contributed by atoms with Crippen LogP contribution >= 0.6 is 23.1 Å². The first-order chi connectivity index (χ1) is 13.4. The summed E-state index contributed by atoms with van der Waals surface area (Å²) in [6.07, 6.45) is 1.67. The lowest BCUT2D eigenvalue weighted by atomic mass is 9.90. The van der Waals surface area contributed by atoms with Crippen LogP contribution in [-0.4, -0.2) is 20.9 Å². The number of para-hydroxylation sites is 1. The van der Waals surface area contributed by atoms with E-state index in [-0.39, 0.29) is 11.2 Å². The number of hydrogen-bond donors (Lipinski definition) is 0. The van der Waals surface area contributed by atoms with E-state index in [4.69, 9.17) is 9.72 Å². The summed E-state index contributed by atoms with van der Waals surface area (Å²) in [4.78, 5) is 20.5. The third-order valence-electron chi connectivity index (χ3n) is 5.19. The lowest BCUT2D eigenvalue weighted by Crippen LogP contribution is -2.34. The summed E-state index contributed by atoms with van der Waals surface area (Å²) in [7, 11) is 0. The third-order valence-corrected chi connectivity index (χ3v) is 7.46. The number of ether oxygens (including phenoxy) is 1. The Morgan fingerprint density at radius 1 is 1.39 bits per heavy atom. The van der Waals surface area contributed by atoms with Crippen molar-refractivity contribution in [2.24, 2.45) is 0 Å². The molecule has 0 bridgehead atoms. The molecule has 2 aromatic heterocycles. The van der Waals surface area contributed by atoms with Crippen LogP contribution in [0.4, 0.5) is 0 Å². The van der Waals surface area contributed by atoms with Gasteiger partial charge in [-0.2, -0.15) is 0 Å². The summed E-state index contributed by atoms with van der Waals surface area (Å²) >= 11 is 3.15. The van der Waals surface area contributed by atoms with Crippen LogP contribution < -0.4 is 5.56 Å². The van der Waals surface area contributed by atoms with E-state index in [1.54, 1.807) is 27.7 Å². The summed E-state index contributed by atoms with van der Waals surface area (Å²) in [5.74, 6) is 0.729. The molecule has 1 aromatic carbocycles. The van der Waals surface area contributed by atoms with Crippen molar-refractivity contribution in [2.45, 2.75) is 51.0 Å². The van der Waals surface area contributed by atoms with Crippen LogP contribution in [-0.2, 0) is 17.8 Å². The SMILES string of the molecule is C=C(C)CSc1nc2sc3c(c2c(=O)n1-c1ccccc1)C[C@](C)(CC)OC3. The molecule has 0 spiro atoms. The molecular formula is C22H24N2O2S2. The molecule has 0 unspecified atom stereocenters. The minimum atomic E-state index is -0.224. The van der Waals surface area contributed by atoms with Crippen molar-refractivity contribution in [1.82, 2.24) is 9.55 Å². The third kappa shape index (κ3) is 3.45. The van der Waals surface area contributed by atoms with Gasteiger partial charge in [0.2, 0.25) is 0 Å². The van der Waals surface area contributed by atoms with Gasteiger partial charge >= 0.3 is 0 Å². The predicted octanol–water partition coefficient (Wildman–Crippen LogP) is 5.36. The molecule has 4 rings (SSSR count). The average molecular weight is 413 g/mol. The maximum Gasteiger partial charge on any atom is 0.267 e. The van der Waals surface area contributed by atoms with Crippen LogP contribution in [0.15, 0.2) is 52.4 Å². The maximum atomic E-state index is 13.7. The lowest BCUT2D eigenvalue weighted by molar-refractivity contribution is -0.0543. The van der Waals surface area contributed by atoms with Crippen molar-refractivity contribution < 1.29 is 4.74 Å². The highest BCUT2D eigenvalue weighted by Crippen LogP contribution is 2.39. The number of thiophene rings is 1. The standard InChI is InChI=1S/C22H24N2O2S2/c1-5-22(4)11-16-17(12-26-22)28-19-18(16)20(25)24(15-9-7-6-8-10-15)21(23-19)27-13-14(2)3/h6-10H,2,5,11-13H2,1,3-4H3/t22-/m0/s1. The average Bonchev–Trinajstić information content (AvgIpc) is 3.04. The molecule has 0 aliphatic carbocycles. The lowest BCUT2D eigenvalue weighted by Gasteiger charge is -2.32. The Labute approximate surface area is 173 Å². The van der Waals surface area contributed by atoms with Gasteiger partial charge in [0.25, 0.3) is 5.56 Å². The normalized spacial score (nSPS) is 19.0. The fourth-order valence-corrected chi connectivity index (χ4v) is 5.42. The van der Waals surface area contributed by atoms with E-state index in [0.717, 1.165) is 50.5 Å². The van der Waals surface area contributed by atoms with Crippen molar-refractivity contribution in [3.05, 3.63) is 63.3 Å². The summed E-state index contributed by atoms with van der Waals surface area (Å²) in [5, 5.41) is 1.47. The second-order valence-electron chi connectivity index (χ2n) is 7.57. The van der Waals surface area contributed by atoms with Crippen LogP contribution in [0.2, 0.25) is 0 Å². The van der Waals surface area contributed by atoms with Gasteiger partial charge in [0.15, 0.2) is 5.16 Å². The van der Waals surface area contributed by atoms with Crippen molar-refractivity contribution in [3.63, 3.8) is 0 Å². The van der Waals surface area contributed by atoms with E-state index in [9.17, 15) is 4.79 Å². The van der Waals surface area contributed by atoms with Crippen LogP contribution in [0.1, 0.15) is 37.6 Å². The number of benzene rings is 1. The second kappa shape index (κ2) is 7.50.